The van der Waals surface area contributed by atoms with Crippen LogP contribution in [0.25, 0.3) is 5.78 Å². The molecule has 2 aromatic rings. The van der Waals surface area contributed by atoms with E-state index < -0.39 is 0 Å². The highest BCUT2D eigenvalue weighted by molar-refractivity contribution is 6.30. The molecule has 2 atom stereocenters. The fraction of sp³-hybridized carbons (Fsp3) is 0.667. The van der Waals surface area contributed by atoms with Gasteiger partial charge in [-0.2, -0.15) is 19.6 Å². The lowest BCUT2D eigenvalue weighted by Gasteiger charge is -2.45. The molecule has 0 N–H and O–H groups in total. The van der Waals surface area contributed by atoms with Gasteiger partial charge >= 0.3 is 0 Å². The summed E-state index contributed by atoms with van der Waals surface area (Å²) in [5.74, 6) is 2.51. The smallest absolute Gasteiger partial charge is 0.255 e. The van der Waals surface area contributed by atoms with Crippen molar-refractivity contribution in [3.8, 4) is 0 Å². The van der Waals surface area contributed by atoms with Crippen molar-refractivity contribution in [3.05, 3.63) is 17.0 Å². The third-order valence-corrected chi connectivity index (χ3v) is 5.46. The second kappa shape index (κ2) is 5.13. The van der Waals surface area contributed by atoms with Crippen molar-refractivity contribution in [1.82, 2.24) is 19.6 Å². The van der Waals surface area contributed by atoms with Crippen molar-refractivity contribution >= 4 is 23.2 Å². The summed E-state index contributed by atoms with van der Waals surface area (Å²) in [4.78, 5) is 11.1. The first-order valence-electron chi connectivity index (χ1n) is 7.88. The molecule has 0 spiro atoms. The Labute approximate surface area is 129 Å². The lowest BCUT2D eigenvalue weighted by atomic mass is 9.78. The number of aromatic nitrogens is 4. The van der Waals surface area contributed by atoms with Crippen LogP contribution in [0.15, 0.2) is 6.33 Å². The second-order valence-corrected chi connectivity index (χ2v) is 6.63. The fourth-order valence-corrected chi connectivity index (χ4v) is 4.27. The van der Waals surface area contributed by atoms with Crippen molar-refractivity contribution in [1.29, 1.82) is 0 Å². The summed E-state index contributed by atoms with van der Waals surface area (Å²) in [5, 5.41) is 4.92. The van der Waals surface area contributed by atoms with Gasteiger partial charge in [0.1, 0.15) is 17.3 Å². The van der Waals surface area contributed by atoms with Gasteiger partial charge in [-0.05, 0) is 38.5 Å². The summed E-state index contributed by atoms with van der Waals surface area (Å²) in [5.41, 5.74) is 1.01. The molecule has 0 amide bonds. The standard InChI is InChI=1S/C15H20ClN5/c1-10-13(16)19-15-17-9-18-21(15)14(10)20-8-4-6-11-5-2-3-7-12(11)20/h9,11-12H,2-8H2,1H3/t11-,12-/m1/s1. The molecule has 0 aromatic carbocycles. The molecule has 1 aliphatic heterocycles. The highest BCUT2D eigenvalue weighted by atomic mass is 35.5. The molecule has 2 aromatic heterocycles. The number of piperidine rings is 1. The topological polar surface area (TPSA) is 46.3 Å². The van der Waals surface area contributed by atoms with Crippen LogP contribution in [-0.2, 0) is 0 Å². The number of rotatable bonds is 1. The van der Waals surface area contributed by atoms with Gasteiger partial charge in [-0.25, -0.2) is 0 Å². The van der Waals surface area contributed by atoms with Gasteiger partial charge in [0.15, 0.2) is 0 Å². The minimum atomic E-state index is 0.545. The van der Waals surface area contributed by atoms with Crippen LogP contribution in [0.3, 0.4) is 0 Å². The van der Waals surface area contributed by atoms with Crippen LogP contribution in [0.1, 0.15) is 44.1 Å². The molecule has 0 bridgehead atoms. The van der Waals surface area contributed by atoms with E-state index in [-0.39, 0.29) is 0 Å². The van der Waals surface area contributed by atoms with E-state index >= 15 is 0 Å². The molecule has 0 unspecified atom stereocenters. The van der Waals surface area contributed by atoms with Gasteiger partial charge in [0, 0.05) is 18.2 Å². The maximum Gasteiger partial charge on any atom is 0.255 e. The van der Waals surface area contributed by atoms with E-state index in [0.29, 0.717) is 17.0 Å². The number of halogens is 1. The molecule has 1 aliphatic carbocycles. The van der Waals surface area contributed by atoms with E-state index in [2.05, 4.69) is 20.0 Å². The largest absolute Gasteiger partial charge is 0.353 e. The summed E-state index contributed by atoms with van der Waals surface area (Å²) in [6.45, 7) is 3.12. The van der Waals surface area contributed by atoms with Gasteiger partial charge in [-0.1, -0.05) is 24.4 Å². The molecule has 1 saturated heterocycles. The molecule has 112 valence electrons. The zero-order valence-corrected chi connectivity index (χ0v) is 13.1. The fourth-order valence-electron chi connectivity index (χ4n) is 4.11. The minimum Gasteiger partial charge on any atom is -0.353 e. The Bertz CT molecular complexity index is 665. The molecule has 1 saturated carbocycles. The van der Waals surface area contributed by atoms with Crippen molar-refractivity contribution < 1.29 is 0 Å². The van der Waals surface area contributed by atoms with Crippen molar-refractivity contribution in [2.75, 3.05) is 11.4 Å². The van der Waals surface area contributed by atoms with Gasteiger partial charge in [-0.15, -0.1) is 0 Å². The molecular weight excluding hydrogens is 286 g/mol. The summed E-state index contributed by atoms with van der Waals surface area (Å²) >= 11 is 6.33. The summed E-state index contributed by atoms with van der Waals surface area (Å²) in [6.07, 6.45) is 9.51. The average molecular weight is 306 g/mol. The molecule has 0 radical (unpaired) electrons. The normalized spacial score (nSPS) is 26.1. The lowest BCUT2D eigenvalue weighted by Crippen LogP contribution is -2.48. The van der Waals surface area contributed by atoms with E-state index in [1.54, 1.807) is 6.33 Å². The van der Waals surface area contributed by atoms with Crippen molar-refractivity contribution in [2.24, 2.45) is 5.92 Å². The highest BCUT2D eigenvalue weighted by Gasteiger charge is 2.35. The van der Waals surface area contributed by atoms with Gasteiger partial charge in [0.25, 0.3) is 5.78 Å². The van der Waals surface area contributed by atoms with Gasteiger partial charge in [0.2, 0.25) is 0 Å². The van der Waals surface area contributed by atoms with Crippen molar-refractivity contribution in [2.45, 2.75) is 51.5 Å². The maximum atomic E-state index is 6.33. The number of fused-ring (bicyclic) bond motifs is 2. The summed E-state index contributed by atoms with van der Waals surface area (Å²) < 4.78 is 1.86. The van der Waals surface area contributed by atoms with E-state index in [0.717, 1.165) is 23.8 Å². The number of anilines is 1. The Morgan fingerprint density at radius 3 is 2.90 bits per heavy atom. The Hall–Kier alpha value is -1.36. The maximum absolute atomic E-state index is 6.33. The SMILES string of the molecule is Cc1c(Cl)nc2ncnn2c1N1CCC[C@H]2CCCC[C@H]21. The predicted molar refractivity (Wildman–Crippen MR) is 82.9 cm³/mol. The monoisotopic (exact) mass is 305 g/mol. The van der Waals surface area contributed by atoms with Gasteiger partial charge in [-0.3, -0.25) is 0 Å². The predicted octanol–water partition coefficient (Wildman–Crippen LogP) is 3.25. The highest BCUT2D eigenvalue weighted by Crippen LogP contribution is 2.39. The minimum absolute atomic E-state index is 0.545. The van der Waals surface area contributed by atoms with Crippen LogP contribution in [0.4, 0.5) is 5.82 Å². The Balaban J connectivity index is 1.84. The van der Waals surface area contributed by atoms with Crippen LogP contribution in [0.2, 0.25) is 5.15 Å². The first kappa shape index (κ1) is 13.3. The summed E-state index contributed by atoms with van der Waals surface area (Å²) in [7, 11) is 0. The van der Waals surface area contributed by atoms with Crippen LogP contribution in [0.5, 0.6) is 0 Å². The van der Waals surface area contributed by atoms with Crippen LogP contribution in [0, 0.1) is 12.8 Å². The molecule has 6 heteroatoms. The Morgan fingerprint density at radius 2 is 2.00 bits per heavy atom. The van der Waals surface area contributed by atoms with E-state index in [1.807, 2.05) is 11.4 Å². The number of nitrogens with zero attached hydrogens (tertiary/aromatic N) is 5. The van der Waals surface area contributed by atoms with Crippen molar-refractivity contribution in [3.63, 3.8) is 0 Å². The third kappa shape index (κ3) is 2.09. The third-order valence-electron chi connectivity index (χ3n) is 5.09. The van der Waals surface area contributed by atoms with Crippen LogP contribution < -0.4 is 4.90 Å². The molecule has 2 fully saturated rings. The van der Waals surface area contributed by atoms with Gasteiger partial charge in [0.05, 0.1) is 0 Å². The summed E-state index contributed by atoms with van der Waals surface area (Å²) in [6, 6.07) is 0.622. The van der Waals surface area contributed by atoms with E-state index in [9.17, 15) is 0 Å². The average Bonchev–Trinajstić information content (AvgIpc) is 2.96. The molecule has 21 heavy (non-hydrogen) atoms. The van der Waals surface area contributed by atoms with Crippen LogP contribution in [-0.4, -0.2) is 32.2 Å². The first-order chi connectivity index (χ1) is 10.3. The quantitative estimate of drug-likeness (QED) is 0.759. The van der Waals surface area contributed by atoms with Gasteiger partial charge < -0.3 is 4.90 Å². The second-order valence-electron chi connectivity index (χ2n) is 6.27. The van der Waals surface area contributed by atoms with E-state index in [4.69, 9.17) is 11.6 Å². The van der Waals surface area contributed by atoms with E-state index in [1.165, 1.54) is 38.5 Å². The lowest BCUT2D eigenvalue weighted by molar-refractivity contribution is 0.242. The molecule has 5 nitrogen and oxygen atoms in total. The molecule has 3 heterocycles. The zero-order valence-electron chi connectivity index (χ0n) is 12.3. The number of hydrogen-bond donors (Lipinski definition) is 0. The molecule has 2 aliphatic rings. The number of hydrogen-bond acceptors (Lipinski definition) is 4. The zero-order chi connectivity index (χ0) is 14.4. The Kier molecular flexibility index (Phi) is 3.25. The Morgan fingerprint density at radius 1 is 1.19 bits per heavy atom. The first-order valence-corrected chi connectivity index (χ1v) is 8.26. The molecular formula is C15H20ClN5. The molecule has 4 rings (SSSR count). The van der Waals surface area contributed by atoms with Crippen LogP contribution >= 0.6 is 11.6 Å².